The van der Waals surface area contributed by atoms with Crippen LogP contribution in [0.2, 0.25) is 0 Å². The van der Waals surface area contributed by atoms with Crippen LogP contribution in [0.3, 0.4) is 0 Å². The van der Waals surface area contributed by atoms with Crippen molar-refractivity contribution in [2.75, 3.05) is 13.1 Å². The highest BCUT2D eigenvalue weighted by atomic mass is 15.4. The summed E-state index contributed by atoms with van der Waals surface area (Å²) in [6, 6.07) is 0.815. The van der Waals surface area contributed by atoms with Crippen molar-refractivity contribution in [1.29, 1.82) is 0 Å². The maximum absolute atomic E-state index is 5.52. The van der Waals surface area contributed by atoms with E-state index >= 15 is 0 Å². The molecule has 5 nitrogen and oxygen atoms in total. The summed E-state index contributed by atoms with van der Waals surface area (Å²) in [7, 11) is 0. The molecule has 17 heavy (non-hydrogen) atoms. The van der Waals surface area contributed by atoms with Gasteiger partial charge in [-0.3, -0.25) is 9.58 Å². The van der Waals surface area contributed by atoms with Crippen molar-refractivity contribution in [2.24, 2.45) is 11.7 Å². The zero-order valence-electron chi connectivity index (χ0n) is 10.8. The predicted octanol–water partition coefficient (Wildman–Crippen LogP) is 0.857. The van der Waals surface area contributed by atoms with Gasteiger partial charge in [-0.05, 0) is 18.8 Å². The summed E-state index contributed by atoms with van der Waals surface area (Å²) in [5, 5.41) is 8.08. The van der Waals surface area contributed by atoms with Crippen molar-refractivity contribution in [2.45, 2.75) is 45.8 Å². The molecule has 0 amide bonds. The van der Waals surface area contributed by atoms with E-state index in [9.17, 15) is 0 Å². The minimum atomic E-state index is 0.471. The van der Waals surface area contributed by atoms with Crippen LogP contribution in [0.4, 0.5) is 0 Å². The Bertz CT molecular complexity index is 342. The highest BCUT2D eigenvalue weighted by Gasteiger charge is 2.28. The molecule has 96 valence electrons. The number of hydrogen-bond donors (Lipinski definition) is 1. The molecule has 0 saturated heterocycles. The van der Waals surface area contributed by atoms with Gasteiger partial charge >= 0.3 is 0 Å². The standard InChI is InChI=1S/C12H23N5/c1-10(2)8-16(12-3-4-12)5-6-17-9-11(7-13)14-15-17/h9-10,12H,3-8,13H2,1-2H3. The zero-order chi connectivity index (χ0) is 12.3. The first-order valence-electron chi connectivity index (χ1n) is 6.52. The van der Waals surface area contributed by atoms with Gasteiger partial charge in [0.05, 0.1) is 12.2 Å². The SMILES string of the molecule is CC(C)CN(CCn1cc(CN)nn1)C1CC1. The van der Waals surface area contributed by atoms with Gasteiger partial charge in [-0.1, -0.05) is 19.1 Å². The molecule has 1 saturated carbocycles. The van der Waals surface area contributed by atoms with Gasteiger partial charge in [0.2, 0.25) is 0 Å². The molecule has 2 N–H and O–H groups in total. The van der Waals surface area contributed by atoms with Crippen molar-refractivity contribution in [3.63, 3.8) is 0 Å². The minimum Gasteiger partial charge on any atom is -0.325 e. The maximum Gasteiger partial charge on any atom is 0.0962 e. The molecule has 1 aliphatic carbocycles. The van der Waals surface area contributed by atoms with Crippen LogP contribution in [0.15, 0.2) is 6.20 Å². The molecule has 2 rings (SSSR count). The molecule has 1 aliphatic rings. The lowest BCUT2D eigenvalue weighted by molar-refractivity contribution is 0.222. The third-order valence-corrected chi connectivity index (χ3v) is 3.07. The van der Waals surface area contributed by atoms with Crippen LogP contribution in [0.5, 0.6) is 0 Å². The third-order valence-electron chi connectivity index (χ3n) is 3.07. The lowest BCUT2D eigenvalue weighted by atomic mass is 10.2. The Labute approximate surface area is 103 Å². The van der Waals surface area contributed by atoms with Gasteiger partial charge in [0.1, 0.15) is 0 Å². The fourth-order valence-corrected chi connectivity index (χ4v) is 2.10. The van der Waals surface area contributed by atoms with Gasteiger partial charge in [-0.15, -0.1) is 5.10 Å². The second-order valence-electron chi connectivity index (χ2n) is 5.30. The molecule has 5 heteroatoms. The monoisotopic (exact) mass is 237 g/mol. The van der Waals surface area contributed by atoms with E-state index in [2.05, 4.69) is 29.1 Å². The summed E-state index contributed by atoms with van der Waals surface area (Å²) in [5.74, 6) is 0.728. The summed E-state index contributed by atoms with van der Waals surface area (Å²) >= 11 is 0. The van der Waals surface area contributed by atoms with Gasteiger partial charge in [-0.2, -0.15) is 0 Å². The third kappa shape index (κ3) is 3.78. The van der Waals surface area contributed by atoms with Gasteiger partial charge < -0.3 is 5.73 Å². The second-order valence-corrected chi connectivity index (χ2v) is 5.30. The van der Waals surface area contributed by atoms with Crippen molar-refractivity contribution in [3.05, 3.63) is 11.9 Å². The fourth-order valence-electron chi connectivity index (χ4n) is 2.10. The molecule has 0 aliphatic heterocycles. The van der Waals surface area contributed by atoms with Crippen molar-refractivity contribution in [3.8, 4) is 0 Å². The minimum absolute atomic E-state index is 0.471. The first kappa shape index (κ1) is 12.5. The van der Waals surface area contributed by atoms with Crippen LogP contribution in [0, 0.1) is 5.92 Å². The molecule has 0 radical (unpaired) electrons. The number of nitrogens with two attached hydrogens (primary N) is 1. The highest BCUT2D eigenvalue weighted by molar-refractivity contribution is 4.91. The summed E-state index contributed by atoms with van der Waals surface area (Å²) in [5.41, 5.74) is 6.38. The Morgan fingerprint density at radius 2 is 2.29 bits per heavy atom. The molecule has 0 atom stereocenters. The lowest BCUT2D eigenvalue weighted by Crippen LogP contribution is -2.33. The van der Waals surface area contributed by atoms with Crippen LogP contribution in [0.25, 0.3) is 0 Å². The van der Waals surface area contributed by atoms with Gasteiger partial charge in [-0.25, -0.2) is 0 Å². The van der Waals surface area contributed by atoms with E-state index < -0.39 is 0 Å². The first-order chi connectivity index (χ1) is 8.19. The fraction of sp³-hybridized carbons (Fsp3) is 0.833. The Kier molecular flexibility index (Phi) is 4.12. The first-order valence-corrected chi connectivity index (χ1v) is 6.52. The van der Waals surface area contributed by atoms with Gasteiger partial charge in [0.15, 0.2) is 0 Å². The topological polar surface area (TPSA) is 60.0 Å². The van der Waals surface area contributed by atoms with E-state index in [1.54, 1.807) is 0 Å². The van der Waals surface area contributed by atoms with Crippen molar-refractivity contribution < 1.29 is 0 Å². The van der Waals surface area contributed by atoms with E-state index in [-0.39, 0.29) is 0 Å². The number of hydrogen-bond acceptors (Lipinski definition) is 4. The lowest BCUT2D eigenvalue weighted by Gasteiger charge is -2.23. The summed E-state index contributed by atoms with van der Waals surface area (Å²) in [6.45, 7) is 8.18. The van der Waals surface area contributed by atoms with E-state index in [4.69, 9.17) is 5.73 Å². The average Bonchev–Trinajstić information content (AvgIpc) is 3.03. The van der Waals surface area contributed by atoms with Gasteiger partial charge in [0, 0.05) is 31.9 Å². The Hall–Kier alpha value is -0.940. The maximum atomic E-state index is 5.52. The van der Waals surface area contributed by atoms with Crippen molar-refractivity contribution in [1.82, 2.24) is 19.9 Å². The molecule has 1 aromatic heterocycles. The van der Waals surface area contributed by atoms with Crippen LogP contribution >= 0.6 is 0 Å². The van der Waals surface area contributed by atoms with E-state index in [0.29, 0.717) is 6.54 Å². The molecule has 0 unspecified atom stereocenters. The van der Waals surface area contributed by atoms with Crippen LogP contribution in [0.1, 0.15) is 32.4 Å². The Morgan fingerprint density at radius 3 is 2.82 bits per heavy atom. The van der Waals surface area contributed by atoms with Crippen molar-refractivity contribution >= 4 is 0 Å². The molecule has 1 aromatic rings. The van der Waals surface area contributed by atoms with Crippen LogP contribution in [-0.2, 0) is 13.1 Å². The largest absolute Gasteiger partial charge is 0.325 e. The van der Waals surface area contributed by atoms with Crippen LogP contribution < -0.4 is 5.73 Å². The van der Waals surface area contributed by atoms with Gasteiger partial charge in [0.25, 0.3) is 0 Å². The predicted molar refractivity (Wildman–Crippen MR) is 67.3 cm³/mol. The smallest absolute Gasteiger partial charge is 0.0962 e. The Morgan fingerprint density at radius 1 is 1.53 bits per heavy atom. The van der Waals surface area contributed by atoms with E-state index in [0.717, 1.165) is 30.7 Å². The van der Waals surface area contributed by atoms with E-state index in [1.165, 1.54) is 19.4 Å². The number of rotatable bonds is 7. The summed E-state index contributed by atoms with van der Waals surface area (Å²) in [4.78, 5) is 2.58. The zero-order valence-corrected chi connectivity index (χ0v) is 10.8. The molecule has 0 bridgehead atoms. The second kappa shape index (κ2) is 5.60. The molecule has 0 spiro atoms. The number of nitrogens with zero attached hydrogens (tertiary/aromatic N) is 4. The number of aromatic nitrogens is 3. The summed E-state index contributed by atoms with van der Waals surface area (Å²) in [6.07, 6.45) is 4.66. The molecular weight excluding hydrogens is 214 g/mol. The molecule has 0 aromatic carbocycles. The molecule has 1 heterocycles. The van der Waals surface area contributed by atoms with Crippen LogP contribution in [-0.4, -0.2) is 39.0 Å². The molecular formula is C12H23N5. The average molecular weight is 237 g/mol. The quantitative estimate of drug-likeness (QED) is 0.764. The highest BCUT2D eigenvalue weighted by Crippen LogP contribution is 2.27. The molecule has 1 fully saturated rings. The normalized spacial score (nSPS) is 16.1. The Balaban J connectivity index is 1.81. The van der Waals surface area contributed by atoms with E-state index in [1.807, 2.05) is 10.9 Å². The summed E-state index contributed by atoms with van der Waals surface area (Å²) < 4.78 is 1.90.